The molecule has 0 unspecified atom stereocenters. The molecule has 1 amide bonds. The molecule has 4 aromatic rings. The summed E-state index contributed by atoms with van der Waals surface area (Å²) in [6.07, 6.45) is 6.11. The number of amides is 1. The van der Waals surface area contributed by atoms with E-state index in [2.05, 4.69) is 57.9 Å². The van der Waals surface area contributed by atoms with Gasteiger partial charge in [0.1, 0.15) is 0 Å². The van der Waals surface area contributed by atoms with Crippen LogP contribution in [0.5, 0.6) is 0 Å². The van der Waals surface area contributed by atoms with Crippen molar-refractivity contribution in [2.75, 3.05) is 11.9 Å². The summed E-state index contributed by atoms with van der Waals surface area (Å²) in [5.41, 5.74) is 6.12. The van der Waals surface area contributed by atoms with Gasteiger partial charge in [-0.3, -0.25) is 9.78 Å². The number of nitrogens with zero attached hydrogens (tertiary/aromatic N) is 1. The van der Waals surface area contributed by atoms with Crippen LogP contribution >= 0.6 is 0 Å². The van der Waals surface area contributed by atoms with Gasteiger partial charge >= 0.3 is 0 Å². The van der Waals surface area contributed by atoms with Gasteiger partial charge in [-0.25, -0.2) is 0 Å². The van der Waals surface area contributed by atoms with E-state index in [9.17, 15) is 4.79 Å². The Hall–Kier alpha value is -3.60. The van der Waals surface area contributed by atoms with Gasteiger partial charge in [0, 0.05) is 42.6 Å². The van der Waals surface area contributed by atoms with Gasteiger partial charge in [0.15, 0.2) is 0 Å². The first kappa shape index (κ1) is 18.7. The second-order valence-electron chi connectivity index (χ2n) is 7.17. The van der Waals surface area contributed by atoms with Gasteiger partial charge in [0.2, 0.25) is 0 Å². The third-order valence-electron chi connectivity index (χ3n) is 4.93. The summed E-state index contributed by atoms with van der Waals surface area (Å²) in [5, 5.41) is 7.52. The number of H-pyrrole nitrogens is 1. The third kappa shape index (κ3) is 4.63. The zero-order valence-corrected chi connectivity index (χ0v) is 16.4. The van der Waals surface area contributed by atoms with Gasteiger partial charge in [-0.05, 0) is 36.6 Å². The molecular weight excluding hydrogens is 360 g/mol. The summed E-state index contributed by atoms with van der Waals surface area (Å²) in [5.74, 6) is -0.114. The fourth-order valence-electron chi connectivity index (χ4n) is 3.44. The number of pyridine rings is 1. The second kappa shape index (κ2) is 8.61. The number of hydrogen-bond acceptors (Lipinski definition) is 3. The number of fused-ring (bicyclic) bond motifs is 1. The van der Waals surface area contributed by atoms with Crippen molar-refractivity contribution in [3.05, 3.63) is 95.4 Å². The lowest BCUT2D eigenvalue weighted by molar-refractivity contribution is 0.0954. The van der Waals surface area contributed by atoms with Crippen LogP contribution in [0.3, 0.4) is 0 Å². The molecule has 5 heteroatoms. The van der Waals surface area contributed by atoms with Crippen molar-refractivity contribution in [3.63, 3.8) is 0 Å². The highest BCUT2D eigenvalue weighted by molar-refractivity contribution is 5.94. The molecule has 3 N–H and O–H groups in total. The van der Waals surface area contributed by atoms with Crippen molar-refractivity contribution in [3.8, 4) is 0 Å². The van der Waals surface area contributed by atoms with Crippen molar-refractivity contribution in [1.82, 2.24) is 15.3 Å². The molecular formula is C24H24N4O. The lowest BCUT2D eigenvalue weighted by Gasteiger charge is -2.09. The normalized spacial score (nSPS) is 10.8. The molecule has 2 aromatic carbocycles. The highest BCUT2D eigenvalue weighted by Crippen LogP contribution is 2.18. The van der Waals surface area contributed by atoms with Crippen LogP contribution in [0.4, 0.5) is 5.69 Å². The van der Waals surface area contributed by atoms with E-state index in [0.29, 0.717) is 18.7 Å². The topological polar surface area (TPSA) is 69.8 Å². The smallest absolute Gasteiger partial charge is 0.252 e. The minimum absolute atomic E-state index is 0.114. The molecule has 0 fully saturated rings. The van der Waals surface area contributed by atoms with E-state index < -0.39 is 0 Å². The van der Waals surface area contributed by atoms with E-state index in [1.165, 1.54) is 22.1 Å². The van der Waals surface area contributed by atoms with Gasteiger partial charge in [0.05, 0.1) is 11.3 Å². The lowest BCUT2D eigenvalue weighted by atomic mass is 10.1. The number of nitrogens with one attached hydrogen (secondary N) is 3. The van der Waals surface area contributed by atoms with Crippen LogP contribution < -0.4 is 10.6 Å². The Bertz CT molecular complexity index is 1130. The Labute approximate surface area is 170 Å². The van der Waals surface area contributed by atoms with Crippen LogP contribution in [0.15, 0.2) is 73.2 Å². The van der Waals surface area contributed by atoms with Crippen molar-refractivity contribution < 1.29 is 4.79 Å². The van der Waals surface area contributed by atoms with E-state index in [-0.39, 0.29) is 5.91 Å². The molecule has 2 aromatic heterocycles. The zero-order valence-electron chi connectivity index (χ0n) is 16.4. The van der Waals surface area contributed by atoms with E-state index >= 15 is 0 Å². The summed E-state index contributed by atoms with van der Waals surface area (Å²) in [6, 6.07) is 18.4. The van der Waals surface area contributed by atoms with E-state index in [1.54, 1.807) is 12.4 Å². The molecule has 29 heavy (non-hydrogen) atoms. The summed E-state index contributed by atoms with van der Waals surface area (Å²) in [7, 11) is 0. The number of hydrogen-bond donors (Lipinski definition) is 3. The monoisotopic (exact) mass is 384 g/mol. The molecule has 0 atom stereocenters. The average molecular weight is 384 g/mol. The Morgan fingerprint density at radius 3 is 2.86 bits per heavy atom. The molecule has 2 heterocycles. The Morgan fingerprint density at radius 2 is 1.97 bits per heavy atom. The minimum atomic E-state index is -0.114. The fraction of sp³-hybridized carbons (Fsp3) is 0.167. The van der Waals surface area contributed by atoms with E-state index in [0.717, 1.165) is 17.6 Å². The highest BCUT2D eigenvalue weighted by atomic mass is 16.1. The predicted molar refractivity (Wildman–Crippen MR) is 117 cm³/mol. The maximum absolute atomic E-state index is 12.5. The van der Waals surface area contributed by atoms with Gasteiger partial charge in [-0.1, -0.05) is 48.0 Å². The lowest BCUT2D eigenvalue weighted by Crippen LogP contribution is -2.25. The molecule has 0 saturated heterocycles. The minimum Gasteiger partial charge on any atom is -0.380 e. The van der Waals surface area contributed by atoms with Gasteiger partial charge in [-0.2, -0.15) is 0 Å². The molecule has 0 bridgehead atoms. The summed E-state index contributed by atoms with van der Waals surface area (Å²) in [4.78, 5) is 20.0. The molecule has 0 aliphatic rings. The third-order valence-corrected chi connectivity index (χ3v) is 4.93. The standard InChI is InChI=1S/C24H24N4O/c1-17-5-4-6-18(11-17)13-27-21-12-20(14-25-16-21)24(29)26-10-9-19-15-28-23-8-3-2-7-22(19)23/h2-8,11-12,14-16,27-28H,9-10,13H2,1H3,(H,26,29). The molecule has 0 aliphatic carbocycles. The average Bonchev–Trinajstić information content (AvgIpc) is 3.16. The van der Waals surface area contributed by atoms with Gasteiger partial charge < -0.3 is 15.6 Å². The van der Waals surface area contributed by atoms with Crippen LogP contribution in [0.1, 0.15) is 27.0 Å². The number of rotatable bonds is 7. The number of aromatic amines is 1. The van der Waals surface area contributed by atoms with E-state index in [4.69, 9.17) is 0 Å². The maximum Gasteiger partial charge on any atom is 0.252 e. The van der Waals surface area contributed by atoms with Crippen molar-refractivity contribution in [1.29, 1.82) is 0 Å². The fourth-order valence-corrected chi connectivity index (χ4v) is 3.44. The van der Waals surface area contributed by atoms with Crippen LogP contribution in [0.25, 0.3) is 10.9 Å². The number of para-hydroxylation sites is 1. The van der Waals surface area contributed by atoms with Crippen LogP contribution in [-0.2, 0) is 13.0 Å². The maximum atomic E-state index is 12.5. The Balaban J connectivity index is 1.33. The highest BCUT2D eigenvalue weighted by Gasteiger charge is 2.08. The number of carbonyl (C=O) groups is 1. The predicted octanol–water partition coefficient (Wildman–Crippen LogP) is 4.46. The van der Waals surface area contributed by atoms with Crippen molar-refractivity contribution in [2.24, 2.45) is 0 Å². The number of benzene rings is 2. The summed E-state index contributed by atoms with van der Waals surface area (Å²) < 4.78 is 0. The van der Waals surface area contributed by atoms with Crippen molar-refractivity contribution in [2.45, 2.75) is 19.9 Å². The quantitative estimate of drug-likeness (QED) is 0.441. The van der Waals surface area contributed by atoms with E-state index in [1.807, 2.05) is 30.5 Å². The summed E-state index contributed by atoms with van der Waals surface area (Å²) in [6.45, 7) is 3.34. The summed E-state index contributed by atoms with van der Waals surface area (Å²) >= 11 is 0. The van der Waals surface area contributed by atoms with Crippen LogP contribution in [0.2, 0.25) is 0 Å². The van der Waals surface area contributed by atoms with Gasteiger partial charge in [-0.15, -0.1) is 0 Å². The molecule has 0 radical (unpaired) electrons. The molecule has 146 valence electrons. The van der Waals surface area contributed by atoms with Gasteiger partial charge in [0.25, 0.3) is 5.91 Å². The SMILES string of the molecule is Cc1cccc(CNc2cncc(C(=O)NCCc3c[nH]c4ccccc34)c2)c1. The molecule has 0 aliphatic heterocycles. The van der Waals surface area contributed by atoms with Crippen molar-refractivity contribution >= 4 is 22.5 Å². The number of aromatic nitrogens is 2. The Kier molecular flexibility index (Phi) is 5.56. The van der Waals surface area contributed by atoms with Crippen LogP contribution in [-0.4, -0.2) is 22.4 Å². The zero-order chi connectivity index (χ0) is 20.1. The Morgan fingerprint density at radius 1 is 1.07 bits per heavy atom. The molecule has 0 spiro atoms. The first-order valence-electron chi connectivity index (χ1n) is 9.77. The number of anilines is 1. The molecule has 5 nitrogen and oxygen atoms in total. The number of carbonyl (C=O) groups excluding carboxylic acids is 1. The first-order chi connectivity index (χ1) is 14.2. The number of aryl methyl sites for hydroxylation is 1. The molecule has 0 saturated carbocycles. The molecule has 4 rings (SSSR count). The largest absolute Gasteiger partial charge is 0.380 e. The van der Waals surface area contributed by atoms with Crippen LogP contribution in [0, 0.1) is 6.92 Å². The second-order valence-corrected chi connectivity index (χ2v) is 7.17. The first-order valence-corrected chi connectivity index (χ1v) is 9.77.